The SMILES string of the molecule is CC(CCc1ccccc1)CC(=O)O.O=NO. The van der Waals surface area contributed by atoms with Crippen LogP contribution in [0.5, 0.6) is 0 Å². The zero-order valence-corrected chi connectivity index (χ0v) is 9.74. The van der Waals surface area contributed by atoms with E-state index in [2.05, 4.69) is 12.1 Å². The molecule has 1 atom stereocenters. The molecule has 0 radical (unpaired) electrons. The fourth-order valence-corrected chi connectivity index (χ4v) is 1.46. The largest absolute Gasteiger partial charge is 0.481 e. The van der Waals surface area contributed by atoms with Gasteiger partial charge in [-0.25, -0.2) is 0 Å². The van der Waals surface area contributed by atoms with Crippen LogP contribution in [0.25, 0.3) is 0 Å². The zero-order valence-electron chi connectivity index (χ0n) is 9.74. The molecule has 1 unspecified atom stereocenters. The molecule has 0 aliphatic heterocycles. The first-order valence-electron chi connectivity index (χ1n) is 5.32. The molecule has 94 valence electrons. The van der Waals surface area contributed by atoms with Crippen LogP contribution in [0.15, 0.2) is 35.7 Å². The third-order valence-corrected chi connectivity index (χ3v) is 2.29. The van der Waals surface area contributed by atoms with E-state index in [9.17, 15) is 4.79 Å². The topological polar surface area (TPSA) is 87.0 Å². The van der Waals surface area contributed by atoms with E-state index in [0.29, 0.717) is 0 Å². The molecule has 1 rings (SSSR count). The van der Waals surface area contributed by atoms with Crippen LogP contribution in [-0.2, 0) is 11.2 Å². The summed E-state index contributed by atoms with van der Waals surface area (Å²) in [6, 6.07) is 10.2. The number of carboxylic acids is 1. The fraction of sp³-hybridized carbons (Fsp3) is 0.417. The van der Waals surface area contributed by atoms with Crippen LogP contribution in [-0.4, -0.2) is 16.3 Å². The molecule has 17 heavy (non-hydrogen) atoms. The van der Waals surface area contributed by atoms with Crippen LogP contribution >= 0.6 is 0 Å². The molecule has 0 aliphatic carbocycles. The minimum atomic E-state index is -0.703. The minimum absolute atomic E-state index is 0.257. The molecule has 1 aromatic carbocycles. The fourth-order valence-electron chi connectivity index (χ4n) is 1.46. The number of nitrogens with zero attached hydrogens (tertiary/aromatic N) is 1. The summed E-state index contributed by atoms with van der Waals surface area (Å²) < 4.78 is 0. The molecular formula is C12H17NO4. The lowest BCUT2D eigenvalue weighted by molar-refractivity contribution is -0.138. The number of benzene rings is 1. The second kappa shape index (κ2) is 9.33. The maximum atomic E-state index is 10.4. The van der Waals surface area contributed by atoms with Gasteiger partial charge in [0.25, 0.3) is 0 Å². The Hall–Kier alpha value is -1.91. The van der Waals surface area contributed by atoms with Gasteiger partial charge in [-0.2, -0.15) is 0 Å². The van der Waals surface area contributed by atoms with Crippen molar-refractivity contribution in [1.29, 1.82) is 0 Å². The molecule has 0 amide bonds. The lowest BCUT2D eigenvalue weighted by Crippen LogP contribution is -2.05. The van der Waals surface area contributed by atoms with E-state index in [0.717, 1.165) is 12.8 Å². The maximum Gasteiger partial charge on any atom is 0.303 e. The van der Waals surface area contributed by atoms with E-state index >= 15 is 0 Å². The standard InChI is InChI=1S/C12H16O2.HNO2/c1-10(9-12(13)14)7-8-11-5-3-2-4-6-11;2-1-3/h2-6,10H,7-9H2,1H3,(H,13,14);(H,2,3). The van der Waals surface area contributed by atoms with Crippen LogP contribution in [0.3, 0.4) is 0 Å². The number of hydrogen-bond donors (Lipinski definition) is 2. The number of carboxylic acid groups (broad SMARTS) is 1. The first-order chi connectivity index (χ1) is 8.10. The Kier molecular flexibility index (Phi) is 8.28. The monoisotopic (exact) mass is 239 g/mol. The van der Waals surface area contributed by atoms with Crippen LogP contribution < -0.4 is 0 Å². The van der Waals surface area contributed by atoms with Gasteiger partial charge in [-0.1, -0.05) is 37.3 Å². The number of aliphatic carboxylic acids is 1. The van der Waals surface area contributed by atoms with Gasteiger partial charge < -0.3 is 10.3 Å². The molecule has 5 nitrogen and oxygen atoms in total. The van der Waals surface area contributed by atoms with E-state index in [1.54, 1.807) is 0 Å². The average Bonchev–Trinajstić information content (AvgIpc) is 2.28. The average molecular weight is 239 g/mol. The summed E-state index contributed by atoms with van der Waals surface area (Å²) in [5.74, 6) is -0.446. The highest BCUT2D eigenvalue weighted by Gasteiger charge is 2.07. The zero-order chi connectivity index (χ0) is 13.1. The third-order valence-electron chi connectivity index (χ3n) is 2.29. The van der Waals surface area contributed by atoms with E-state index < -0.39 is 5.97 Å². The quantitative estimate of drug-likeness (QED) is 0.611. The molecule has 2 N–H and O–H groups in total. The molecule has 0 saturated carbocycles. The van der Waals surface area contributed by atoms with Crippen molar-refractivity contribution in [1.82, 2.24) is 0 Å². The van der Waals surface area contributed by atoms with Crippen LogP contribution in [0.4, 0.5) is 0 Å². The summed E-state index contributed by atoms with van der Waals surface area (Å²) in [7, 11) is 0. The molecule has 1 aromatic rings. The third kappa shape index (κ3) is 9.04. The lowest BCUT2D eigenvalue weighted by atomic mass is 9.98. The van der Waals surface area contributed by atoms with Crippen LogP contribution in [0, 0.1) is 10.8 Å². The summed E-state index contributed by atoms with van der Waals surface area (Å²) in [5, 5.41) is 16.5. The second-order valence-corrected chi connectivity index (χ2v) is 3.81. The normalized spacial score (nSPS) is 10.9. The van der Waals surface area contributed by atoms with E-state index in [1.165, 1.54) is 10.9 Å². The summed E-state index contributed by atoms with van der Waals surface area (Å²) in [6.07, 6.45) is 2.18. The Morgan fingerprint density at radius 1 is 1.35 bits per heavy atom. The van der Waals surface area contributed by atoms with Gasteiger partial charge in [0.1, 0.15) is 0 Å². The Morgan fingerprint density at radius 3 is 2.35 bits per heavy atom. The highest BCUT2D eigenvalue weighted by atomic mass is 16.6. The molecular weight excluding hydrogens is 222 g/mol. The minimum Gasteiger partial charge on any atom is -0.481 e. The van der Waals surface area contributed by atoms with Crippen molar-refractivity contribution in [2.75, 3.05) is 0 Å². The predicted octanol–water partition coefficient (Wildman–Crippen LogP) is 2.87. The van der Waals surface area contributed by atoms with Gasteiger partial charge >= 0.3 is 5.97 Å². The van der Waals surface area contributed by atoms with Gasteiger partial charge in [0.15, 0.2) is 5.34 Å². The van der Waals surface area contributed by atoms with E-state index in [4.69, 9.17) is 15.2 Å². The Morgan fingerprint density at radius 2 is 1.88 bits per heavy atom. The van der Waals surface area contributed by atoms with Gasteiger partial charge in [0.2, 0.25) is 0 Å². The molecule has 0 spiro atoms. The molecule has 0 bridgehead atoms. The van der Waals surface area contributed by atoms with Gasteiger partial charge in [0, 0.05) is 6.42 Å². The molecule has 5 heteroatoms. The highest BCUT2D eigenvalue weighted by Crippen LogP contribution is 2.12. The molecule has 0 saturated heterocycles. The molecule has 0 aliphatic rings. The van der Waals surface area contributed by atoms with Gasteiger partial charge in [0.05, 0.1) is 0 Å². The predicted molar refractivity (Wildman–Crippen MR) is 63.8 cm³/mol. The van der Waals surface area contributed by atoms with Crippen LogP contribution in [0.2, 0.25) is 0 Å². The van der Waals surface area contributed by atoms with Gasteiger partial charge in [-0.3, -0.25) is 4.79 Å². The summed E-state index contributed by atoms with van der Waals surface area (Å²) >= 11 is 0. The van der Waals surface area contributed by atoms with Crippen molar-refractivity contribution in [3.63, 3.8) is 0 Å². The summed E-state index contributed by atoms with van der Waals surface area (Å²) in [5.41, 5.74) is 1.28. The summed E-state index contributed by atoms with van der Waals surface area (Å²) in [6.45, 7) is 1.98. The smallest absolute Gasteiger partial charge is 0.303 e. The van der Waals surface area contributed by atoms with Crippen LogP contribution in [0.1, 0.15) is 25.3 Å². The Labute approximate surface area is 100 Å². The van der Waals surface area contributed by atoms with Crippen molar-refractivity contribution >= 4 is 5.97 Å². The van der Waals surface area contributed by atoms with E-state index in [-0.39, 0.29) is 12.3 Å². The second-order valence-electron chi connectivity index (χ2n) is 3.81. The van der Waals surface area contributed by atoms with E-state index in [1.807, 2.05) is 25.1 Å². The molecule has 0 aromatic heterocycles. The first-order valence-corrected chi connectivity index (χ1v) is 5.32. The number of hydrogen-bond acceptors (Lipinski definition) is 3. The molecule has 0 heterocycles. The maximum absolute atomic E-state index is 10.4. The van der Waals surface area contributed by atoms with Gasteiger partial charge in [-0.15, -0.1) is 4.91 Å². The highest BCUT2D eigenvalue weighted by molar-refractivity contribution is 5.66. The van der Waals surface area contributed by atoms with Crippen molar-refractivity contribution in [3.8, 4) is 0 Å². The van der Waals surface area contributed by atoms with Crippen molar-refractivity contribution < 1.29 is 15.1 Å². The van der Waals surface area contributed by atoms with Crippen molar-refractivity contribution in [3.05, 3.63) is 40.8 Å². The van der Waals surface area contributed by atoms with Crippen molar-refractivity contribution in [2.45, 2.75) is 26.2 Å². The lowest BCUT2D eigenvalue weighted by Gasteiger charge is -2.07. The first kappa shape index (κ1) is 15.1. The van der Waals surface area contributed by atoms with Gasteiger partial charge in [-0.05, 0) is 24.3 Å². The number of rotatable bonds is 5. The Bertz CT molecular complexity index is 327. The molecule has 0 fully saturated rings. The summed E-state index contributed by atoms with van der Waals surface area (Å²) in [4.78, 5) is 18.5. The Balaban J connectivity index is 0.000000770. The van der Waals surface area contributed by atoms with Crippen molar-refractivity contribution in [2.24, 2.45) is 11.3 Å². The number of carbonyl (C=O) groups is 1. The number of aryl methyl sites for hydroxylation is 1.